The third-order valence-corrected chi connectivity index (χ3v) is 1.74. The average Bonchev–Trinajstić information content (AvgIpc) is 2.37. The van der Waals surface area contributed by atoms with Gasteiger partial charge in [0.2, 0.25) is 0 Å². The second-order valence-corrected chi connectivity index (χ2v) is 2.84. The van der Waals surface area contributed by atoms with Crippen molar-refractivity contribution < 1.29 is 4.74 Å². The molecule has 0 amide bonds. The lowest BCUT2D eigenvalue weighted by molar-refractivity contribution is 0.173. The molecule has 0 aliphatic rings. The number of rotatable bonds is 4. The third kappa shape index (κ3) is 2.32. The molecule has 1 atom stereocenters. The topological polar surface area (TPSA) is 53.1 Å². The summed E-state index contributed by atoms with van der Waals surface area (Å²) in [5, 5.41) is 0. The highest BCUT2D eigenvalue weighted by atomic mass is 16.5. The van der Waals surface area contributed by atoms with Crippen LogP contribution >= 0.6 is 0 Å². The van der Waals surface area contributed by atoms with Gasteiger partial charge in [-0.1, -0.05) is 0 Å². The Morgan fingerprint density at radius 3 is 3.00 bits per heavy atom. The van der Waals surface area contributed by atoms with Crippen molar-refractivity contribution in [2.24, 2.45) is 5.73 Å². The normalized spacial score (nSPS) is 13.2. The molecule has 0 aliphatic carbocycles. The third-order valence-electron chi connectivity index (χ3n) is 1.74. The minimum absolute atomic E-state index is 0.0444. The van der Waals surface area contributed by atoms with E-state index in [9.17, 15) is 0 Å². The summed E-state index contributed by atoms with van der Waals surface area (Å²) >= 11 is 0. The summed E-state index contributed by atoms with van der Waals surface area (Å²) in [5.74, 6) is 0.988. The molecule has 1 unspecified atom stereocenters. The zero-order valence-corrected chi connectivity index (χ0v) is 7.53. The zero-order valence-electron chi connectivity index (χ0n) is 7.53. The molecule has 12 heavy (non-hydrogen) atoms. The number of nitrogens with zero attached hydrogens (tertiary/aromatic N) is 2. The maximum atomic E-state index is 5.77. The molecule has 0 radical (unpaired) electrons. The molecule has 1 heterocycles. The lowest BCUT2D eigenvalue weighted by Crippen LogP contribution is -2.30. The first-order valence-corrected chi connectivity index (χ1v) is 3.96. The van der Waals surface area contributed by atoms with Gasteiger partial charge in [0.25, 0.3) is 0 Å². The number of methoxy groups -OCH3 is 1. The van der Waals surface area contributed by atoms with Crippen LogP contribution in [0.2, 0.25) is 0 Å². The van der Waals surface area contributed by atoms with Crippen LogP contribution in [0.25, 0.3) is 0 Å². The van der Waals surface area contributed by atoms with Crippen molar-refractivity contribution in [1.82, 2.24) is 9.55 Å². The van der Waals surface area contributed by atoms with E-state index in [1.165, 1.54) is 0 Å². The maximum absolute atomic E-state index is 5.77. The van der Waals surface area contributed by atoms with Gasteiger partial charge in [-0.2, -0.15) is 0 Å². The predicted octanol–water partition coefficient (Wildman–Crippen LogP) is 0.165. The van der Waals surface area contributed by atoms with E-state index in [0.29, 0.717) is 6.61 Å². The molecule has 1 rings (SSSR count). The Labute approximate surface area is 72.3 Å². The maximum Gasteiger partial charge on any atom is 0.105 e. The van der Waals surface area contributed by atoms with Gasteiger partial charge in [-0.25, -0.2) is 4.98 Å². The highest BCUT2D eigenvalue weighted by molar-refractivity contribution is 4.89. The van der Waals surface area contributed by atoms with Crippen LogP contribution in [0.3, 0.4) is 0 Å². The fourth-order valence-corrected chi connectivity index (χ4v) is 1.12. The van der Waals surface area contributed by atoms with Crippen molar-refractivity contribution in [3.8, 4) is 0 Å². The molecule has 68 valence electrons. The number of imidazole rings is 1. The van der Waals surface area contributed by atoms with Crippen LogP contribution in [-0.4, -0.2) is 29.3 Å². The van der Waals surface area contributed by atoms with Gasteiger partial charge < -0.3 is 15.0 Å². The fourth-order valence-electron chi connectivity index (χ4n) is 1.12. The van der Waals surface area contributed by atoms with Crippen molar-refractivity contribution in [1.29, 1.82) is 0 Å². The highest BCUT2D eigenvalue weighted by Crippen LogP contribution is 1.96. The zero-order chi connectivity index (χ0) is 8.97. The molecule has 0 aromatic carbocycles. The Balaban J connectivity index is 2.46. The van der Waals surface area contributed by atoms with E-state index in [4.69, 9.17) is 10.5 Å². The minimum atomic E-state index is 0.0444. The molecule has 0 saturated carbocycles. The fraction of sp³-hybridized carbons (Fsp3) is 0.625. The Hall–Kier alpha value is -0.870. The van der Waals surface area contributed by atoms with Crippen LogP contribution < -0.4 is 5.73 Å². The van der Waals surface area contributed by atoms with E-state index in [1.807, 2.05) is 17.7 Å². The Kier molecular flexibility index (Phi) is 3.25. The molecule has 4 nitrogen and oxygen atoms in total. The molecule has 1 aromatic heterocycles. The summed E-state index contributed by atoms with van der Waals surface area (Å²) in [5.41, 5.74) is 5.77. The molecule has 0 bridgehead atoms. The number of nitrogens with two attached hydrogens (primary N) is 1. The van der Waals surface area contributed by atoms with Crippen LogP contribution in [0.15, 0.2) is 12.4 Å². The van der Waals surface area contributed by atoms with Crippen molar-refractivity contribution in [3.05, 3.63) is 18.2 Å². The van der Waals surface area contributed by atoms with Crippen molar-refractivity contribution in [2.45, 2.75) is 19.5 Å². The smallest absolute Gasteiger partial charge is 0.105 e. The van der Waals surface area contributed by atoms with E-state index in [1.54, 1.807) is 13.3 Å². The van der Waals surface area contributed by atoms with Gasteiger partial charge in [-0.05, 0) is 6.92 Å². The van der Waals surface area contributed by atoms with Crippen LogP contribution in [0.4, 0.5) is 0 Å². The van der Waals surface area contributed by atoms with Crippen LogP contribution in [0, 0.1) is 6.92 Å². The van der Waals surface area contributed by atoms with Gasteiger partial charge in [0.15, 0.2) is 0 Å². The van der Waals surface area contributed by atoms with E-state index in [-0.39, 0.29) is 6.04 Å². The Morgan fingerprint density at radius 1 is 1.75 bits per heavy atom. The molecular formula is C8H15N3O. The summed E-state index contributed by atoms with van der Waals surface area (Å²) in [4.78, 5) is 4.10. The summed E-state index contributed by atoms with van der Waals surface area (Å²) in [6.45, 7) is 3.30. The van der Waals surface area contributed by atoms with Crippen molar-refractivity contribution in [3.63, 3.8) is 0 Å². The van der Waals surface area contributed by atoms with Crippen LogP contribution in [0.1, 0.15) is 5.82 Å². The minimum Gasteiger partial charge on any atom is -0.383 e. The quantitative estimate of drug-likeness (QED) is 0.698. The van der Waals surface area contributed by atoms with E-state index >= 15 is 0 Å². The van der Waals surface area contributed by atoms with Gasteiger partial charge in [0.1, 0.15) is 5.82 Å². The van der Waals surface area contributed by atoms with Crippen LogP contribution in [-0.2, 0) is 11.3 Å². The van der Waals surface area contributed by atoms with E-state index in [0.717, 1.165) is 12.4 Å². The number of hydrogen-bond donors (Lipinski definition) is 1. The molecule has 0 spiro atoms. The molecule has 0 aliphatic heterocycles. The summed E-state index contributed by atoms with van der Waals surface area (Å²) in [7, 11) is 1.65. The monoisotopic (exact) mass is 169 g/mol. The first-order chi connectivity index (χ1) is 5.74. The first kappa shape index (κ1) is 9.22. The summed E-state index contributed by atoms with van der Waals surface area (Å²) in [6.07, 6.45) is 3.69. The van der Waals surface area contributed by atoms with Gasteiger partial charge >= 0.3 is 0 Å². The predicted molar refractivity (Wildman–Crippen MR) is 46.8 cm³/mol. The van der Waals surface area contributed by atoms with Gasteiger partial charge in [0.05, 0.1) is 6.61 Å². The number of ether oxygens (including phenoxy) is 1. The largest absolute Gasteiger partial charge is 0.383 e. The van der Waals surface area contributed by atoms with Gasteiger partial charge in [-0.15, -0.1) is 0 Å². The summed E-state index contributed by atoms with van der Waals surface area (Å²) in [6, 6.07) is 0.0444. The van der Waals surface area contributed by atoms with Gasteiger partial charge in [-0.3, -0.25) is 0 Å². The van der Waals surface area contributed by atoms with E-state index < -0.39 is 0 Å². The average molecular weight is 169 g/mol. The lowest BCUT2D eigenvalue weighted by atomic mass is 10.3. The number of hydrogen-bond acceptors (Lipinski definition) is 3. The lowest BCUT2D eigenvalue weighted by Gasteiger charge is -2.11. The Bertz CT molecular complexity index is 234. The molecule has 4 heteroatoms. The van der Waals surface area contributed by atoms with Crippen molar-refractivity contribution in [2.75, 3.05) is 13.7 Å². The molecule has 0 saturated heterocycles. The number of aromatic nitrogens is 2. The second-order valence-electron chi connectivity index (χ2n) is 2.84. The van der Waals surface area contributed by atoms with Crippen LogP contribution in [0.5, 0.6) is 0 Å². The summed E-state index contributed by atoms with van der Waals surface area (Å²) < 4.78 is 6.95. The Morgan fingerprint density at radius 2 is 2.50 bits per heavy atom. The standard InChI is InChI=1S/C8H15N3O/c1-7-10-3-4-11(7)5-8(9)6-12-2/h3-4,8H,5-6,9H2,1-2H3. The second kappa shape index (κ2) is 4.23. The SMILES string of the molecule is COCC(N)Cn1ccnc1C. The molecule has 2 N–H and O–H groups in total. The molecule has 0 fully saturated rings. The molecule has 1 aromatic rings. The number of aryl methyl sites for hydroxylation is 1. The molecular weight excluding hydrogens is 154 g/mol. The van der Waals surface area contributed by atoms with Crippen molar-refractivity contribution >= 4 is 0 Å². The highest BCUT2D eigenvalue weighted by Gasteiger charge is 2.03. The van der Waals surface area contributed by atoms with Gasteiger partial charge in [0, 0.05) is 32.1 Å². The first-order valence-electron chi connectivity index (χ1n) is 3.96. The van der Waals surface area contributed by atoms with E-state index in [2.05, 4.69) is 4.98 Å².